The van der Waals surface area contributed by atoms with E-state index in [4.69, 9.17) is 0 Å². The second-order valence-corrected chi connectivity index (χ2v) is 6.16. The molecule has 0 spiro atoms. The van der Waals surface area contributed by atoms with Crippen molar-refractivity contribution in [1.82, 2.24) is 9.88 Å². The van der Waals surface area contributed by atoms with Crippen LogP contribution in [0.25, 0.3) is 10.9 Å². The Labute approximate surface area is 139 Å². The molecule has 1 atom stereocenters. The van der Waals surface area contributed by atoms with E-state index >= 15 is 0 Å². The molecule has 4 heteroatoms. The van der Waals surface area contributed by atoms with Gasteiger partial charge in [0.05, 0.1) is 11.6 Å². The van der Waals surface area contributed by atoms with Crippen molar-refractivity contribution in [3.05, 3.63) is 82.1 Å². The van der Waals surface area contributed by atoms with Crippen molar-refractivity contribution in [2.45, 2.75) is 18.9 Å². The van der Waals surface area contributed by atoms with E-state index in [0.29, 0.717) is 11.1 Å². The molecule has 0 radical (unpaired) electrons. The molecule has 1 unspecified atom stereocenters. The molecule has 1 aromatic heterocycles. The molecule has 0 bridgehead atoms. The van der Waals surface area contributed by atoms with E-state index in [1.54, 1.807) is 0 Å². The first kappa shape index (κ1) is 14.7. The van der Waals surface area contributed by atoms with Crippen molar-refractivity contribution in [2.24, 2.45) is 0 Å². The molecule has 24 heavy (non-hydrogen) atoms. The fourth-order valence-corrected chi connectivity index (χ4v) is 3.57. The molecule has 4 nitrogen and oxygen atoms in total. The largest absolute Gasteiger partial charge is 0.332 e. The number of aromatic amines is 1. The number of fused-ring (bicyclic) bond motifs is 1. The monoisotopic (exact) mass is 318 g/mol. The second kappa shape index (κ2) is 5.96. The fourth-order valence-electron chi connectivity index (χ4n) is 3.57. The summed E-state index contributed by atoms with van der Waals surface area (Å²) in [6.45, 7) is 0.722. The fraction of sp³-hybridized carbons (Fsp3) is 0.200. The number of carbonyl (C=O) groups is 1. The first-order valence-electron chi connectivity index (χ1n) is 8.22. The Kier molecular flexibility index (Phi) is 3.65. The van der Waals surface area contributed by atoms with Crippen molar-refractivity contribution in [3.63, 3.8) is 0 Å². The standard InChI is InChI=1S/C20H18N2O2/c23-19-13-16(15-9-4-5-10-17(15)21-19)20(24)22-12-6-11-18(22)14-7-2-1-3-8-14/h1-5,7-10,13,18H,6,11-12H2,(H,21,23). The number of pyridine rings is 1. The Morgan fingerprint density at radius 1 is 1.04 bits per heavy atom. The Hall–Kier alpha value is -2.88. The number of nitrogens with one attached hydrogen (secondary N) is 1. The van der Waals surface area contributed by atoms with Gasteiger partial charge in [0.25, 0.3) is 5.91 Å². The van der Waals surface area contributed by atoms with Crippen molar-refractivity contribution >= 4 is 16.8 Å². The summed E-state index contributed by atoms with van der Waals surface area (Å²) in [5, 5.41) is 0.792. The number of nitrogens with zero attached hydrogens (tertiary/aromatic N) is 1. The number of benzene rings is 2. The van der Waals surface area contributed by atoms with Crippen LogP contribution in [0.2, 0.25) is 0 Å². The zero-order valence-corrected chi connectivity index (χ0v) is 13.2. The highest BCUT2D eigenvalue weighted by Crippen LogP contribution is 2.33. The highest BCUT2D eigenvalue weighted by atomic mass is 16.2. The summed E-state index contributed by atoms with van der Waals surface area (Å²) >= 11 is 0. The topological polar surface area (TPSA) is 53.2 Å². The normalized spacial score (nSPS) is 17.3. The van der Waals surface area contributed by atoms with E-state index in [9.17, 15) is 9.59 Å². The quantitative estimate of drug-likeness (QED) is 0.786. The SMILES string of the molecule is O=C(c1cc(=O)[nH]c2ccccc12)N1CCCC1c1ccccc1. The number of H-pyrrole nitrogens is 1. The van der Waals surface area contributed by atoms with Crippen LogP contribution in [0.4, 0.5) is 0 Å². The van der Waals surface area contributed by atoms with Crippen LogP contribution in [0.1, 0.15) is 34.8 Å². The predicted molar refractivity (Wildman–Crippen MR) is 94.0 cm³/mol. The van der Waals surface area contributed by atoms with Crippen LogP contribution in [0.3, 0.4) is 0 Å². The first-order valence-corrected chi connectivity index (χ1v) is 8.22. The number of carbonyl (C=O) groups excluding carboxylic acids is 1. The van der Waals surface area contributed by atoms with Gasteiger partial charge < -0.3 is 9.88 Å². The number of para-hydroxylation sites is 1. The van der Waals surface area contributed by atoms with E-state index in [0.717, 1.165) is 30.3 Å². The molecule has 120 valence electrons. The molecular formula is C20H18N2O2. The zero-order valence-electron chi connectivity index (χ0n) is 13.2. The smallest absolute Gasteiger partial charge is 0.255 e. The summed E-state index contributed by atoms with van der Waals surface area (Å²) < 4.78 is 0. The average Bonchev–Trinajstić information content (AvgIpc) is 3.11. The molecule has 1 saturated heterocycles. The van der Waals surface area contributed by atoms with Gasteiger partial charge in [0.2, 0.25) is 5.56 Å². The van der Waals surface area contributed by atoms with Crippen LogP contribution >= 0.6 is 0 Å². The van der Waals surface area contributed by atoms with E-state index in [2.05, 4.69) is 17.1 Å². The second-order valence-electron chi connectivity index (χ2n) is 6.16. The number of aromatic nitrogens is 1. The lowest BCUT2D eigenvalue weighted by molar-refractivity contribution is 0.0737. The van der Waals surface area contributed by atoms with Gasteiger partial charge in [-0.2, -0.15) is 0 Å². The lowest BCUT2D eigenvalue weighted by Crippen LogP contribution is -2.31. The molecule has 4 rings (SSSR count). The minimum atomic E-state index is -0.243. The maximum atomic E-state index is 13.2. The van der Waals surface area contributed by atoms with Crippen molar-refractivity contribution in [2.75, 3.05) is 6.54 Å². The molecule has 1 amide bonds. The van der Waals surface area contributed by atoms with Crippen LogP contribution in [0, 0.1) is 0 Å². The molecule has 0 aliphatic carbocycles. The minimum Gasteiger partial charge on any atom is -0.332 e. The highest BCUT2D eigenvalue weighted by molar-refractivity contribution is 6.06. The highest BCUT2D eigenvalue weighted by Gasteiger charge is 2.31. The predicted octanol–water partition coefficient (Wildman–Crippen LogP) is 3.51. The van der Waals surface area contributed by atoms with Crippen molar-refractivity contribution in [3.8, 4) is 0 Å². The molecule has 1 aliphatic heterocycles. The minimum absolute atomic E-state index is 0.0661. The van der Waals surface area contributed by atoms with Crippen molar-refractivity contribution in [1.29, 1.82) is 0 Å². The number of likely N-dealkylation sites (tertiary alicyclic amines) is 1. The van der Waals surface area contributed by atoms with Crippen LogP contribution in [-0.2, 0) is 0 Å². The van der Waals surface area contributed by atoms with Crippen LogP contribution in [0.15, 0.2) is 65.5 Å². The first-order chi connectivity index (χ1) is 11.7. The summed E-state index contributed by atoms with van der Waals surface area (Å²) in [5.74, 6) is -0.0661. The van der Waals surface area contributed by atoms with Crippen LogP contribution < -0.4 is 5.56 Å². The lowest BCUT2D eigenvalue weighted by Gasteiger charge is -2.25. The van der Waals surface area contributed by atoms with Gasteiger partial charge in [-0.15, -0.1) is 0 Å². The molecule has 1 fully saturated rings. The van der Waals surface area contributed by atoms with E-state index in [-0.39, 0.29) is 17.5 Å². The van der Waals surface area contributed by atoms with Crippen LogP contribution in [0.5, 0.6) is 0 Å². The summed E-state index contributed by atoms with van der Waals surface area (Å²) in [5.41, 5.74) is 2.09. The summed E-state index contributed by atoms with van der Waals surface area (Å²) in [6, 6.07) is 19.1. The van der Waals surface area contributed by atoms with Gasteiger partial charge in [-0.3, -0.25) is 9.59 Å². The van der Waals surface area contributed by atoms with Gasteiger partial charge in [0, 0.05) is 23.5 Å². The van der Waals surface area contributed by atoms with Gasteiger partial charge in [0.15, 0.2) is 0 Å². The number of rotatable bonds is 2. The molecule has 0 saturated carbocycles. The zero-order chi connectivity index (χ0) is 16.5. The van der Waals surface area contributed by atoms with Crippen molar-refractivity contribution < 1.29 is 4.79 Å². The molecule has 2 aromatic carbocycles. The third kappa shape index (κ3) is 2.50. The van der Waals surface area contributed by atoms with Crippen LogP contribution in [-0.4, -0.2) is 22.3 Å². The summed E-state index contributed by atoms with van der Waals surface area (Å²) in [4.78, 5) is 29.8. The summed E-state index contributed by atoms with van der Waals surface area (Å²) in [6.07, 6.45) is 1.93. The summed E-state index contributed by atoms with van der Waals surface area (Å²) in [7, 11) is 0. The van der Waals surface area contributed by atoms with Gasteiger partial charge in [-0.25, -0.2) is 0 Å². The van der Waals surface area contributed by atoms with E-state index < -0.39 is 0 Å². The Bertz CT molecular complexity index is 947. The third-order valence-electron chi connectivity index (χ3n) is 4.68. The Morgan fingerprint density at radius 3 is 2.62 bits per heavy atom. The lowest BCUT2D eigenvalue weighted by atomic mass is 10.0. The Balaban J connectivity index is 1.77. The van der Waals surface area contributed by atoms with E-state index in [1.807, 2.05) is 47.4 Å². The van der Waals surface area contributed by atoms with Gasteiger partial charge in [0.1, 0.15) is 0 Å². The maximum absolute atomic E-state index is 13.2. The van der Waals surface area contributed by atoms with E-state index in [1.165, 1.54) is 6.07 Å². The molecule has 2 heterocycles. The number of hydrogen-bond donors (Lipinski definition) is 1. The molecule has 3 aromatic rings. The molecule has 1 N–H and O–H groups in total. The Morgan fingerprint density at radius 2 is 1.79 bits per heavy atom. The van der Waals surface area contributed by atoms with Gasteiger partial charge in [-0.05, 0) is 24.5 Å². The maximum Gasteiger partial charge on any atom is 0.255 e. The van der Waals surface area contributed by atoms with Gasteiger partial charge in [-0.1, -0.05) is 48.5 Å². The van der Waals surface area contributed by atoms with Gasteiger partial charge >= 0.3 is 0 Å². The molecule has 1 aliphatic rings. The molecular weight excluding hydrogens is 300 g/mol. The third-order valence-corrected chi connectivity index (χ3v) is 4.68. The number of amides is 1. The average molecular weight is 318 g/mol. The number of hydrogen-bond acceptors (Lipinski definition) is 2.